The highest BCUT2D eigenvalue weighted by atomic mass is 16.5. The first-order chi connectivity index (χ1) is 18.1. The van der Waals surface area contributed by atoms with Gasteiger partial charge in [0.1, 0.15) is 11.3 Å². The summed E-state index contributed by atoms with van der Waals surface area (Å²) in [4.78, 5) is 30.0. The van der Waals surface area contributed by atoms with Gasteiger partial charge >= 0.3 is 5.97 Å². The number of fused-ring (bicyclic) bond motifs is 2. The second-order valence-corrected chi connectivity index (χ2v) is 8.41. The van der Waals surface area contributed by atoms with Crippen molar-refractivity contribution in [2.24, 2.45) is 0 Å². The number of hydrogen-bond donors (Lipinski definition) is 1. The molecule has 0 saturated heterocycles. The lowest BCUT2D eigenvalue weighted by Crippen LogP contribution is -2.18. The van der Waals surface area contributed by atoms with Gasteiger partial charge in [0.25, 0.3) is 0 Å². The number of pyridine rings is 1. The number of amides is 1. The fourth-order valence-electron chi connectivity index (χ4n) is 4.05. The monoisotopic (exact) mass is 494 g/mol. The minimum Gasteiger partial charge on any atom is -0.494 e. The zero-order valence-corrected chi connectivity index (χ0v) is 20.4. The average Bonchev–Trinajstić information content (AvgIpc) is 3.34. The Morgan fingerprint density at radius 1 is 0.919 bits per heavy atom. The molecule has 0 aliphatic heterocycles. The van der Waals surface area contributed by atoms with Crippen LogP contribution in [0, 0.1) is 0 Å². The molecule has 0 bridgehead atoms. The van der Waals surface area contributed by atoms with Gasteiger partial charge in [-0.15, -0.1) is 0 Å². The largest absolute Gasteiger partial charge is 0.494 e. The van der Waals surface area contributed by atoms with Crippen LogP contribution in [-0.2, 0) is 9.53 Å². The third kappa shape index (κ3) is 5.43. The van der Waals surface area contributed by atoms with Gasteiger partial charge in [-0.1, -0.05) is 48.5 Å². The maximum atomic E-state index is 12.8. The number of nitrogens with zero attached hydrogens (tertiary/aromatic N) is 3. The molecule has 186 valence electrons. The molecule has 1 N–H and O–H groups in total. The van der Waals surface area contributed by atoms with Gasteiger partial charge in [-0.25, -0.2) is 9.78 Å². The van der Waals surface area contributed by atoms with E-state index in [1.807, 2.05) is 72.8 Å². The molecule has 0 aliphatic carbocycles. The number of nitrogens with one attached hydrogen (secondary N) is 1. The Kier molecular flexibility index (Phi) is 7.07. The number of benzene rings is 3. The van der Waals surface area contributed by atoms with Crippen molar-refractivity contribution in [1.29, 1.82) is 0 Å². The second-order valence-electron chi connectivity index (χ2n) is 8.41. The van der Waals surface area contributed by atoms with Gasteiger partial charge in [0.2, 0.25) is 5.91 Å². The fourth-order valence-corrected chi connectivity index (χ4v) is 4.05. The predicted octanol–water partition coefficient (Wildman–Crippen LogP) is 5.55. The molecular formula is C29H26N4O4. The van der Waals surface area contributed by atoms with E-state index in [1.54, 1.807) is 13.0 Å². The highest BCUT2D eigenvalue weighted by Crippen LogP contribution is 2.23. The van der Waals surface area contributed by atoms with Gasteiger partial charge in [0.15, 0.2) is 11.6 Å². The summed E-state index contributed by atoms with van der Waals surface area (Å²) < 4.78 is 12.5. The molecular weight excluding hydrogens is 468 g/mol. The van der Waals surface area contributed by atoms with Crippen molar-refractivity contribution in [3.8, 4) is 11.6 Å². The minimum atomic E-state index is -0.565. The first kappa shape index (κ1) is 24.0. The Morgan fingerprint density at radius 2 is 1.68 bits per heavy atom. The van der Waals surface area contributed by atoms with Crippen LogP contribution in [0.15, 0.2) is 85.1 Å². The van der Waals surface area contributed by atoms with Crippen molar-refractivity contribution in [3.63, 3.8) is 0 Å². The number of ether oxygens (including phenoxy) is 2. The molecule has 37 heavy (non-hydrogen) atoms. The van der Waals surface area contributed by atoms with E-state index in [0.717, 1.165) is 27.4 Å². The number of para-hydroxylation sites is 1. The van der Waals surface area contributed by atoms with Crippen molar-refractivity contribution in [3.05, 3.63) is 90.6 Å². The van der Waals surface area contributed by atoms with Crippen LogP contribution in [0.4, 0.5) is 5.82 Å². The molecule has 0 fully saturated rings. The third-order valence-corrected chi connectivity index (χ3v) is 5.86. The first-order valence-corrected chi connectivity index (χ1v) is 12.1. The van der Waals surface area contributed by atoms with Crippen molar-refractivity contribution in [2.75, 3.05) is 18.5 Å². The Labute approximate surface area is 213 Å². The van der Waals surface area contributed by atoms with Crippen LogP contribution in [0.2, 0.25) is 0 Å². The number of carbonyl (C=O) groups is 2. The lowest BCUT2D eigenvalue weighted by atomic mass is 10.1. The number of anilines is 1. The van der Waals surface area contributed by atoms with Crippen LogP contribution in [0.3, 0.4) is 0 Å². The summed E-state index contributed by atoms with van der Waals surface area (Å²) >= 11 is 0. The lowest BCUT2D eigenvalue weighted by Gasteiger charge is -2.11. The Balaban J connectivity index is 1.28. The number of rotatable bonds is 9. The summed E-state index contributed by atoms with van der Waals surface area (Å²) in [6.07, 6.45) is 2.08. The lowest BCUT2D eigenvalue weighted by molar-refractivity contribution is -0.116. The van der Waals surface area contributed by atoms with Gasteiger partial charge in [-0.2, -0.15) is 9.78 Å². The van der Waals surface area contributed by atoms with Crippen molar-refractivity contribution in [1.82, 2.24) is 14.8 Å². The molecule has 1 amide bonds. The van der Waals surface area contributed by atoms with Gasteiger partial charge in [-0.05, 0) is 54.4 Å². The van der Waals surface area contributed by atoms with Gasteiger partial charge in [0, 0.05) is 11.8 Å². The average molecular weight is 495 g/mol. The van der Waals surface area contributed by atoms with E-state index in [2.05, 4.69) is 15.4 Å². The van der Waals surface area contributed by atoms with Gasteiger partial charge in [-0.3, -0.25) is 4.79 Å². The molecule has 0 spiro atoms. The summed E-state index contributed by atoms with van der Waals surface area (Å²) in [7, 11) is 0. The van der Waals surface area contributed by atoms with Gasteiger partial charge < -0.3 is 14.8 Å². The van der Waals surface area contributed by atoms with E-state index < -0.39 is 5.97 Å². The second kappa shape index (κ2) is 10.9. The minimum absolute atomic E-state index is 0.164. The summed E-state index contributed by atoms with van der Waals surface area (Å²) in [5.74, 6) is 0.620. The highest BCUT2D eigenvalue weighted by molar-refractivity contribution is 6.00. The van der Waals surface area contributed by atoms with Crippen LogP contribution in [0.5, 0.6) is 5.75 Å². The summed E-state index contributed by atoms with van der Waals surface area (Å²) in [5.41, 5.74) is 0.939. The Hall–Kier alpha value is -4.72. The van der Waals surface area contributed by atoms with E-state index in [0.29, 0.717) is 18.8 Å². The molecule has 0 aliphatic rings. The molecule has 2 heterocycles. The van der Waals surface area contributed by atoms with Crippen molar-refractivity contribution in [2.45, 2.75) is 19.8 Å². The number of carbonyl (C=O) groups excluding carboxylic acids is 2. The van der Waals surface area contributed by atoms with Crippen molar-refractivity contribution >= 4 is 39.4 Å². The summed E-state index contributed by atoms with van der Waals surface area (Å²) in [6.45, 7) is 2.31. The molecule has 0 radical (unpaired) electrons. The summed E-state index contributed by atoms with van der Waals surface area (Å²) in [5, 5.41) is 10.4. The molecule has 0 atom stereocenters. The molecule has 5 aromatic rings. The molecule has 2 aromatic heterocycles. The van der Waals surface area contributed by atoms with Crippen molar-refractivity contribution < 1.29 is 19.1 Å². The van der Waals surface area contributed by atoms with Gasteiger partial charge in [0.05, 0.1) is 24.9 Å². The maximum absolute atomic E-state index is 12.8. The van der Waals surface area contributed by atoms with E-state index in [9.17, 15) is 9.59 Å². The Morgan fingerprint density at radius 3 is 2.51 bits per heavy atom. The fraction of sp³-hybridized carbons (Fsp3) is 0.172. The Bertz CT molecular complexity index is 1580. The summed E-state index contributed by atoms with van der Waals surface area (Å²) in [6, 6.07) is 25.4. The van der Waals surface area contributed by atoms with E-state index in [1.165, 1.54) is 10.9 Å². The molecule has 5 rings (SSSR count). The molecule has 3 aromatic carbocycles. The van der Waals surface area contributed by atoms with Crippen LogP contribution in [-0.4, -0.2) is 39.9 Å². The zero-order chi connectivity index (χ0) is 25.6. The van der Waals surface area contributed by atoms with Crippen LogP contribution in [0.25, 0.3) is 27.5 Å². The van der Waals surface area contributed by atoms with E-state index >= 15 is 0 Å². The number of esters is 1. The smallest absolute Gasteiger partial charge is 0.343 e. The van der Waals surface area contributed by atoms with Crippen LogP contribution >= 0.6 is 0 Å². The molecule has 8 heteroatoms. The quantitative estimate of drug-likeness (QED) is 0.213. The zero-order valence-electron chi connectivity index (χ0n) is 20.4. The van der Waals surface area contributed by atoms with E-state index in [4.69, 9.17) is 9.47 Å². The predicted molar refractivity (Wildman–Crippen MR) is 142 cm³/mol. The topological polar surface area (TPSA) is 95.3 Å². The van der Waals surface area contributed by atoms with Crippen LogP contribution in [0.1, 0.15) is 30.1 Å². The number of aromatic nitrogens is 3. The maximum Gasteiger partial charge on any atom is 0.343 e. The molecule has 8 nitrogen and oxygen atoms in total. The normalized spacial score (nSPS) is 10.9. The number of hydrogen-bond acceptors (Lipinski definition) is 6. The van der Waals surface area contributed by atoms with E-state index in [-0.39, 0.29) is 30.3 Å². The van der Waals surface area contributed by atoms with Crippen LogP contribution < -0.4 is 10.1 Å². The molecule has 0 unspecified atom stereocenters. The first-order valence-electron chi connectivity index (χ1n) is 12.1. The SMILES string of the molecule is CCOC(=O)c1cnn(-c2ccc3ccccc3n2)c1NC(=O)CCCOc1ccc2ccccc2c1. The standard InChI is InChI=1S/C29H26N4O4/c1-2-36-29(35)24-19-30-33(26-16-14-21-9-5-6-11-25(21)31-26)28(24)32-27(34)12-7-17-37-23-15-13-20-8-3-4-10-22(20)18-23/h3-6,8-11,13-16,18-19H,2,7,12,17H2,1H3,(H,32,34). The molecule has 0 saturated carbocycles. The third-order valence-electron chi connectivity index (χ3n) is 5.86. The highest BCUT2D eigenvalue weighted by Gasteiger charge is 2.22.